The SMILES string of the molecule is C[C@@]12CCC[C@H]1[C@@H]1CCC3=CC(=O)C=C(SCF)[C@]3(C)[C@H]1CC2. The fourth-order valence-corrected chi connectivity index (χ4v) is 7.43. The third-order valence-corrected chi connectivity index (χ3v) is 8.65. The Hall–Kier alpha value is -0.570. The summed E-state index contributed by atoms with van der Waals surface area (Å²) in [5, 5.41) is 0. The molecule has 0 aromatic heterocycles. The first-order valence-electron chi connectivity index (χ1n) is 9.15. The first kappa shape index (κ1) is 15.9. The molecule has 0 bridgehead atoms. The second kappa shape index (κ2) is 5.47. The third kappa shape index (κ3) is 2.22. The Labute approximate surface area is 143 Å². The Morgan fingerprint density at radius 2 is 2.00 bits per heavy atom. The monoisotopic (exact) mass is 334 g/mol. The topological polar surface area (TPSA) is 17.1 Å². The van der Waals surface area contributed by atoms with Gasteiger partial charge in [-0.3, -0.25) is 4.79 Å². The van der Waals surface area contributed by atoms with E-state index in [1.807, 2.05) is 6.08 Å². The van der Waals surface area contributed by atoms with Gasteiger partial charge in [0.1, 0.15) is 6.01 Å². The second-order valence-electron chi connectivity index (χ2n) is 8.54. The van der Waals surface area contributed by atoms with E-state index in [9.17, 15) is 9.18 Å². The molecule has 0 amide bonds. The number of allylic oxidation sites excluding steroid dienone is 4. The smallest absolute Gasteiger partial charge is 0.179 e. The quantitative estimate of drug-likeness (QED) is 0.647. The lowest BCUT2D eigenvalue weighted by Gasteiger charge is -2.57. The molecule has 3 fully saturated rings. The summed E-state index contributed by atoms with van der Waals surface area (Å²) < 4.78 is 13.1. The fraction of sp³-hybridized carbons (Fsp3) is 0.750. The molecular formula is C20H27FOS. The Balaban J connectivity index is 1.73. The molecule has 0 heterocycles. The summed E-state index contributed by atoms with van der Waals surface area (Å²) >= 11 is 1.25. The van der Waals surface area contributed by atoms with Crippen LogP contribution in [0.2, 0.25) is 0 Å². The van der Waals surface area contributed by atoms with Crippen molar-refractivity contribution in [3.63, 3.8) is 0 Å². The molecule has 1 nitrogen and oxygen atoms in total. The Morgan fingerprint density at radius 3 is 2.78 bits per heavy atom. The molecule has 3 saturated carbocycles. The van der Waals surface area contributed by atoms with Crippen molar-refractivity contribution in [1.29, 1.82) is 0 Å². The molecule has 4 aliphatic rings. The highest BCUT2D eigenvalue weighted by Gasteiger charge is 2.57. The van der Waals surface area contributed by atoms with Gasteiger partial charge >= 0.3 is 0 Å². The average Bonchev–Trinajstić information content (AvgIpc) is 2.90. The molecule has 4 aliphatic carbocycles. The molecule has 23 heavy (non-hydrogen) atoms. The molecular weight excluding hydrogens is 307 g/mol. The Kier molecular flexibility index (Phi) is 3.79. The van der Waals surface area contributed by atoms with Gasteiger partial charge in [-0.25, -0.2) is 4.39 Å². The molecule has 0 aliphatic heterocycles. The molecule has 0 N–H and O–H groups in total. The zero-order valence-electron chi connectivity index (χ0n) is 14.2. The van der Waals surface area contributed by atoms with E-state index in [-0.39, 0.29) is 11.2 Å². The number of ketones is 1. The molecule has 0 aromatic carbocycles. The lowest BCUT2D eigenvalue weighted by Crippen LogP contribution is -2.49. The van der Waals surface area contributed by atoms with Crippen LogP contribution in [0.1, 0.15) is 58.8 Å². The maximum atomic E-state index is 13.1. The molecule has 0 radical (unpaired) electrons. The molecule has 3 heteroatoms. The van der Waals surface area contributed by atoms with Crippen molar-refractivity contribution < 1.29 is 9.18 Å². The van der Waals surface area contributed by atoms with Crippen LogP contribution in [0.5, 0.6) is 0 Å². The van der Waals surface area contributed by atoms with Crippen molar-refractivity contribution >= 4 is 17.5 Å². The van der Waals surface area contributed by atoms with Crippen LogP contribution in [0, 0.1) is 28.6 Å². The van der Waals surface area contributed by atoms with E-state index in [2.05, 4.69) is 13.8 Å². The van der Waals surface area contributed by atoms with Gasteiger partial charge in [0, 0.05) is 10.3 Å². The van der Waals surface area contributed by atoms with E-state index < -0.39 is 6.01 Å². The van der Waals surface area contributed by atoms with Crippen molar-refractivity contribution in [2.24, 2.45) is 28.6 Å². The van der Waals surface area contributed by atoms with Crippen LogP contribution in [0.4, 0.5) is 4.39 Å². The average molecular weight is 335 g/mol. The van der Waals surface area contributed by atoms with Crippen LogP contribution in [-0.2, 0) is 4.79 Å². The molecule has 0 spiro atoms. The van der Waals surface area contributed by atoms with Crippen LogP contribution < -0.4 is 0 Å². The summed E-state index contributed by atoms with van der Waals surface area (Å²) in [6.45, 7) is 4.81. The highest BCUT2D eigenvalue weighted by Crippen LogP contribution is 2.66. The maximum absolute atomic E-state index is 13.1. The predicted octanol–water partition coefficient (Wildman–Crippen LogP) is 5.67. The van der Waals surface area contributed by atoms with Crippen molar-refractivity contribution in [2.45, 2.75) is 58.8 Å². The minimum atomic E-state index is -0.430. The summed E-state index contributed by atoms with van der Waals surface area (Å²) in [6.07, 6.45) is 12.5. The molecule has 0 aromatic rings. The normalized spacial score (nSPS) is 45.7. The van der Waals surface area contributed by atoms with Gasteiger partial charge in [0.05, 0.1) is 0 Å². The molecule has 0 unspecified atom stereocenters. The van der Waals surface area contributed by atoms with Crippen molar-refractivity contribution in [2.75, 3.05) is 6.01 Å². The zero-order chi connectivity index (χ0) is 16.2. The van der Waals surface area contributed by atoms with Gasteiger partial charge < -0.3 is 0 Å². The van der Waals surface area contributed by atoms with Crippen LogP contribution in [0.25, 0.3) is 0 Å². The Bertz CT molecular complexity index is 594. The number of rotatable bonds is 2. The van der Waals surface area contributed by atoms with Gasteiger partial charge in [-0.1, -0.05) is 37.6 Å². The summed E-state index contributed by atoms with van der Waals surface area (Å²) in [6, 6.07) is -0.430. The highest BCUT2D eigenvalue weighted by atomic mass is 32.2. The summed E-state index contributed by atoms with van der Waals surface area (Å²) in [5.41, 5.74) is 1.74. The first-order chi connectivity index (χ1) is 11.0. The maximum Gasteiger partial charge on any atom is 0.179 e. The molecule has 4 rings (SSSR count). The third-order valence-electron chi connectivity index (χ3n) is 7.69. The summed E-state index contributed by atoms with van der Waals surface area (Å²) in [5.74, 6) is 2.26. The van der Waals surface area contributed by atoms with E-state index in [0.29, 0.717) is 11.3 Å². The predicted molar refractivity (Wildman–Crippen MR) is 93.7 cm³/mol. The number of carbonyl (C=O) groups excluding carboxylic acids is 1. The largest absolute Gasteiger partial charge is 0.290 e. The zero-order valence-corrected chi connectivity index (χ0v) is 15.1. The van der Waals surface area contributed by atoms with E-state index >= 15 is 0 Å². The van der Waals surface area contributed by atoms with Crippen LogP contribution in [-0.4, -0.2) is 11.8 Å². The highest BCUT2D eigenvalue weighted by molar-refractivity contribution is 8.03. The molecule has 126 valence electrons. The van der Waals surface area contributed by atoms with E-state index in [1.54, 1.807) is 6.08 Å². The van der Waals surface area contributed by atoms with Gasteiger partial charge in [-0.15, -0.1) is 0 Å². The van der Waals surface area contributed by atoms with Gasteiger partial charge in [0.25, 0.3) is 0 Å². The number of hydrogen-bond acceptors (Lipinski definition) is 2. The van der Waals surface area contributed by atoms with Crippen LogP contribution in [0.3, 0.4) is 0 Å². The number of hydrogen-bond donors (Lipinski definition) is 0. The summed E-state index contributed by atoms with van der Waals surface area (Å²) in [4.78, 5) is 13.0. The fourth-order valence-electron chi connectivity index (χ4n) is 6.53. The van der Waals surface area contributed by atoms with Gasteiger partial charge in [-0.2, -0.15) is 0 Å². The van der Waals surface area contributed by atoms with Crippen molar-refractivity contribution in [1.82, 2.24) is 0 Å². The first-order valence-corrected chi connectivity index (χ1v) is 10.1. The van der Waals surface area contributed by atoms with E-state index in [1.165, 1.54) is 55.9 Å². The van der Waals surface area contributed by atoms with Crippen LogP contribution >= 0.6 is 11.8 Å². The lowest BCUT2D eigenvalue weighted by atomic mass is 9.48. The van der Waals surface area contributed by atoms with Crippen molar-refractivity contribution in [3.8, 4) is 0 Å². The number of alkyl halides is 1. The Morgan fingerprint density at radius 1 is 1.17 bits per heavy atom. The van der Waals surface area contributed by atoms with Gasteiger partial charge in [0.15, 0.2) is 5.78 Å². The molecule has 0 saturated heterocycles. The summed E-state index contributed by atoms with van der Waals surface area (Å²) in [7, 11) is 0. The molecule has 5 atom stereocenters. The number of fused-ring (bicyclic) bond motifs is 5. The minimum Gasteiger partial charge on any atom is -0.290 e. The number of carbonyl (C=O) groups is 1. The van der Waals surface area contributed by atoms with E-state index in [4.69, 9.17) is 0 Å². The van der Waals surface area contributed by atoms with Crippen LogP contribution in [0.15, 0.2) is 22.6 Å². The lowest BCUT2D eigenvalue weighted by molar-refractivity contribution is -0.111. The second-order valence-corrected chi connectivity index (χ2v) is 9.48. The van der Waals surface area contributed by atoms with Crippen molar-refractivity contribution in [3.05, 3.63) is 22.6 Å². The van der Waals surface area contributed by atoms with Gasteiger partial charge in [-0.05, 0) is 73.8 Å². The minimum absolute atomic E-state index is 0.0633. The standard InChI is InChI=1S/C20H27FOS/c1-19-8-3-4-16(19)15-6-5-13-10-14(22)11-18(23-12-21)20(13,2)17(15)7-9-19/h10-11,15-17H,3-9,12H2,1-2H3/t15-,16-,17-,19-,20-/m0/s1. The van der Waals surface area contributed by atoms with E-state index in [0.717, 1.165) is 23.2 Å². The number of halogens is 1. The number of thioether (sulfide) groups is 1. The van der Waals surface area contributed by atoms with Gasteiger partial charge in [0.2, 0.25) is 0 Å².